The van der Waals surface area contributed by atoms with Crippen LogP contribution in [0.15, 0.2) is 42.5 Å². The number of hydrogen-bond acceptors (Lipinski definition) is 6. The molecular formula is C23H28N4O4. The summed E-state index contributed by atoms with van der Waals surface area (Å²) in [6.07, 6.45) is 0.878. The number of amides is 1. The number of fused-ring (bicyclic) bond motifs is 1. The Morgan fingerprint density at radius 1 is 1.13 bits per heavy atom. The molecule has 1 aromatic heterocycles. The molecule has 1 aliphatic rings. The number of morpholine rings is 1. The number of ether oxygens (including phenoxy) is 3. The van der Waals surface area contributed by atoms with E-state index < -0.39 is 0 Å². The molecule has 0 radical (unpaired) electrons. The van der Waals surface area contributed by atoms with Crippen molar-refractivity contribution < 1.29 is 19.0 Å². The molecular weight excluding hydrogens is 396 g/mol. The highest BCUT2D eigenvalue weighted by Gasteiger charge is 2.14. The van der Waals surface area contributed by atoms with Gasteiger partial charge < -0.3 is 24.1 Å². The van der Waals surface area contributed by atoms with E-state index >= 15 is 0 Å². The summed E-state index contributed by atoms with van der Waals surface area (Å²) in [5, 5.41) is 2.88. The summed E-state index contributed by atoms with van der Waals surface area (Å²) >= 11 is 0. The van der Waals surface area contributed by atoms with Crippen LogP contribution in [0.5, 0.6) is 11.5 Å². The average molecular weight is 425 g/mol. The van der Waals surface area contributed by atoms with E-state index in [9.17, 15) is 4.79 Å². The molecule has 1 N–H and O–H groups in total. The maximum atomic E-state index is 12.3. The standard InChI is InChI=1S/C23H28N4O4/c1-26-21-8-3-17(24-23(28)16-31-19-6-4-18(29-2)5-7-19)15-20(21)25-22(26)9-10-27-11-13-30-14-12-27/h3-8,15H,9-14,16H2,1-2H3,(H,24,28). The molecule has 0 atom stereocenters. The van der Waals surface area contributed by atoms with Crippen LogP contribution in [0.3, 0.4) is 0 Å². The molecule has 164 valence electrons. The van der Waals surface area contributed by atoms with Crippen molar-refractivity contribution in [3.63, 3.8) is 0 Å². The molecule has 0 aliphatic carbocycles. The predicted octanol–water partition coefficient (Wildman–Crippen LogP) is 2.47. The van der Waals surface area contributed by atoms with Crippen LogP contribution in [0.1, 0.15) is 5.82 Å². The molecule has 3 aromatic rings. The number of nitrogens with zero attached hydrogens (tertiary/aromatic N) is 3. The lowest BCUT2D eigenvalue weighted by molar-refractivity contribution is -0.118. The summed E-state index contributed by atoms with van der Waals surface area (Å²) < 4.78 is 18.2. The van der Waals surface area contributed by atoms with Gasteiger partial charge in [0.15, 0.2) is 6.61 Å². The van der Waals surface area contributed by atoms with Gasteiger partial charge in [-0.1, -0.05) is 0 Å². The fourth-order valence-electron chi connectivity index (χ4n) is 3.65. The Labute approximate surface area is 181 Å². The molecule has 2 heterocycles. The highest BCUT2D eigenvalue weighted by Crippen LogP contribution is 2.21. The molecule has 8 nitrogen and oxygen atoms in total. The molecule has 1 amide bonds. The van der Waals surface area contributed by atoms with Gasteiger partial charge in [0.1, 0.15) is 17.3 Å². The minimum absolute atomic E-state index is 0.0720. The topological polar surface area (TPSA) is 77.8 Å². The number of imidazole rings is 1. The first kappa shape index (κ1) is 21.1. The van der Waals surface area contributed by atoms with Crippen molar-refractivity contribution in [1.29, 1.82) is 0 Å². The molecule has 31 heavy (non-hydrogen) atoms. The summed E-state index contributed by atoms with van der Waals surface area (Å²) in [6, 6.07) is 12.9. The Kier molecular flexibility index (Phi) is 6.69. The number of methoxy groups -OCH3 is 1. The fraction of sp³-hybridized carbons (Fsp3) is 0.391. The lowest BCUT2D eigenvalue weighted by Gasteiger charge is -2.26. The fourth-order valence-corrected chi connectivity index (χ4v) is 3.65. The second-order valence-electron chi connectivity index (χ2n) is 7.51. The normalized spacial score (nSPS) is 14.5. The Morgan fingerprint density at radius 2 is 1.87 bits per heavy atom. The van der Waals surface area contributed by atoms with Gasteiger partial charge in [-0.05, 0) is 42.5 Å². The van der Waals surface area contributed by atoms with Crippen molar-refractivity contribution in [2.45, 2.75) is 6.42 Å². The summed E-state index contributed by atoms with van der Waals surface area (Å²) in [5.74, 6) is 2.16. The first-order chi connectivity index (χ1) is 15.1. The zero-order valence-electron chi connectivity index (χ0n) is 18.0. The van der Waals surface area contributed by atoms with E-state index in [1.54, 1.807) is 31.4 Å². The van der Waals surface area contributed by atoms with Gasteiger partial charge in [-0.2, -0.15) is 0 Å². The van der Waals surface area contributed by atoms with Crippen LogP contribution >= 0.6 is 0 Å². The van der Waals surface area contributed by atoms with Crippen LogP contribution in [-0.2, 0) is 23.0 Å². The number of rotatable bonds is 8. The van der Waals surface area contributed by atoms with Gasteiger partial charge in [0.05, 0.1) is 31.4 Å². The van der Waals surface area contributed by atoms with Gasteiger partial charge in [-0.3, -0.25) is 9.69 Å². The maximum absolute atomic E-state index is 12.3. The molecule has 4 rings (SSSR count). The highest BCUT2D eigenvalue weighted by atomic mass is 16.5. The summed E-state index contributed by atoms with van der Waals surface area (Å²) in [6.45, 7) is 4.43. The zero-order valence-corrected chi connectivity index (χ0v) is 18.0. The van der Waals surface area contributed by atoms with Gasteiger partial charge in [0, 0.05) is 38.8 Å². The van der Waals surface area contributed by atoms with Crippen molar-refractivity contribution in [1.82, 2.24) is 14.5 Å². The number of benzene rings is 2. The third-order valence-electron chi connectivity index (χ3n) is 5.44. The Morgan fingerprint density at radius 3 is 2.61 bits per heavy atom. The van der Waals surface area contributed by atoms with Crippen LogP contribution in [0.2, 0.25) is 0 Å². The molecule has 1 saturated heterocycles. The molecule has 1 aliphatic heterocycles. The first-order valence-electron chi connectivity index (χ1n) is 10.4. The number of anilines is 1. The van der Waals surface area contributed by atoms with Crippen molar-refractivity contribution in [3.05, 3.63) is 48.3 Å². The number of carbonyl (C=O) groups is 1. The van der Waals surface area contributed by atoms with Gasteiger partial charge in [0.25, 0.3) is 5.91 Å². The van der Waals surface area contributed by atoms with Crippen molar-refractivity contribution in [2.75, 3.05) is 51.9 Å². The first-order valence-corrected chi connectivity index (χ1v) is 10.4. The quantitative estimate of drug-likeness (QED) is 0.599. The van der Waals surface area contributed by atoms with Gasteiger partial charge in [0.2, 0.25) is 0 Å². The minimum Gasteiger partial charge on any atom is -0.497 e. The SMILES string of the molecule is COc1ccc(OCC(=O)Nc2ccc3c(c2)nc(CCN2CCOCC2)n3C)cc1. The van der Waals surface area contributed by atoms with E-state index in [0.29, 0.717) is 11.4 Å². The smallest absolute Gasteiger partial charge is 0.262 e. The lowest BCUT2D eigenvalue weighted by atomic mass is 10.2. The lowest BCUT2D eigenvalue weighted by Crippen LogP contribution is -2.37. The number of carbonyl (C=O) groups excluding carboxylic acids is 1. The molecule has 0 saturated carbocycles. The number of aryl methyl sites for hydroxylation is 1. The summed E-state index contributed by atoms with van der Waals surface area (Å²) in [4.78, 5) is 19.5. The average Bonchev–Trinajstić information content (AvgIpc) is 3.12. The summed E-state index contributed by atoms with van der Waals surface area (Å²) in [7, 11) is 3.64. The van der Waals surface area contributed by atoms with E-state index in [0.717, 1.165) is 61.9 Å². The Bertz CT molecular complexity index is 1030. The number of hydrogen-bond donors (Lipinski definition) is 1. The molecule has 0 unspecified atom stereocenters. The second-order valence-corrected chi connectivity index (χ2v) is 7.51. The Hall–Kier alpha value is -3.10. The van der Waals surface area contributed by atoms with Crippen molar-refractivity contribution >= 4 is 22.6 Å². The zero-order chi connectivity index (χ0) is 21.6. The van der Waals surface area contributed by atoms with E-state index in [2.05, 4.69) is 14.8 Å². The molecule has 0 bridgehead atoms. The molecule has 1 fully saturated rings. The molecule has 8 heteroatoms. The number of aromatic nitrogens is 2. The van der Waals surface area contributed by atoms with Crippen LogP contribution in [0.25, 0.3) is 11.0 Å². The van der Waals surface area contributed by atoms with Gasteiger partial charge >= 0.3 is 0 Å². The molecule has 2 aromatic carbocycles. The van der Waals surface area contributed by atoms with Crippen LogP contribution in [0.4, 0.5) is 5.69 Å². The monoisotopic (exact) mass is 424 g/mol. The number of nitrogens with one attached hydrogen (secondary N) is 1. The summed E-state index contributed by atoms with van der Waals surface area (Å²) in [5.41, 5.74) is 2.62. The van der Waals surface area contributed by atoms with Crippen LogP contribution in [-0.4, -0.2) is 66.9 Å². The minimum atomic E-state index is -0.223. The van der Waals surface area contributed by atoms with E-state index in [1.807, 2.05) is 25.2 Å². The predicted molar refractivity (Wildman–Crippen MR) is 119 cm³/mol. The molecule has 0 spiro atoms. The van der Waals surface area contributed by atoms with Crippen LogP contribution < -0.4 is 14.8 Å². The third-order valence-corrected chi connectivity index (χ3v) is 5.44. The van der Waals surface area contributed by atoms with E-state index in [1.165, 1.54) is 0 Å². The third kappa shape index (κ3) is 5.34. The van der Waals surface area contributed by atoms with Crippen molar-refractivity contribution in [2.24, 2.45) is 7.05 Å². The van der Waals surface area contributed by atoms with Gasteiger partial charge in [-0.25, -0.2) is 4.98 Å². The van der Waals surface area contributed by atoms with E-state index in [4.69, 9.17) is 19.2 Å². The largest absolute Gasteiger partial charge is 0.497 e. The van der Waals surface area contributed by atoms with Crippen molar-refractivity contribution in [3.8, 4) is 11.5 Å². The Balaban J connectivity index is 1.34. The highest BCUT2D eigenvalue weighted by molar-refractivity contribution is 5.94. The van der Waals surface area contributed by atoms with Gasteiger partial charge in [-0.15, -0.1) is 0 Å². The van der Waals surface area contributed by atoms with Crippen LogP contribution in [0, 0.1) is 0 Å². The van der Waals surface area contributed by atoms with E-state index in [-0.39, 0.29) is 12.5 Å². The second kappa shape index (κ2) is 9.80. The maximum Gasteiger partial charge on any atom is 0.262 e.